The molecule has 1 aliphatic rings. The zero-order valence-corrected chi connectivity index (χ0v) is 14.5. The molecule has 0 fully saturated rings. The molecule has 6 nitrogen and oxygen atoms in total. The predicted molar refractivity (Wildman–Crippen MR) is 94.9 cm³/mol. The molecule has 0 saturated carbocycles. The van der Waals surface area contributed by atoms with Crippen LogP contribution in [0.5, 0.6) is 11.6 Å². The molecule has 1 atom stereocenters. The van der Waals surface area contributed by atoms with E-state index in [2.05, 4.69) is 10.3 Å². The van der Waals surface area contributed by atoms with Crippen LogP contribution in [0.25, 0.3) is 0 Å². The molecule has 0 aliphatic heterocycles. The molecule has 1 heterocycles. The molecule has 132 valence electrons. The van der Waals surface area contributed by atoms with Gasteiger partial charge >= 0.3 is 0 Å². The summed E-state index contributed by atoms with van der Waals surface area (Å²) < 4.78 is 5.53. The fourth-order valence-electron chi connectivity index (χ4n) is 2.96. The zero-order valence-electron chi connectivity index (χ0n) is 14.5. The molecule has 3 rings (SSSR count). The van der Waals surface area contributed by atoms with E-state index < -0.39 is 0 Å². The molecule has 25 heavy (non-hydrogen) atoms. The third-order valence-electron chi connectivity index (χ3n) is 4.34. The highest BCUT2D eigenvalue weighted by molar-refractivity contribution is 5.94. The van der Waals surface area contributed by atoms with Crippen molar-refractivity contribution >= 4 is 5.91 Å². The first-order valence-electron chi connectivity index (χ1n) is 8.40. The second kappa shape index (κ2) is 7.53. The van der Waals surface area contributed by atoms with Gasteiger partial charge in [-0.1, -0.05) is 12.1 Å². The summed E-state index contributed by atoms with van der Waals surface area (Å²) in [6, 6.07) is 8.78. The number of amides is 1. The number of pyridine rings is 1. The maximum absolute atomic E-state index is 12.4. The lowest BCUT2D eigenvalue weighted by molar-refractivity contribution is 0.0936. The Morgan fingerprint density at radius 3 is 2.92 bits per heavy atom. The number of rotatable bonds is 6. The van der Waals surface area contributed by atoms with Crippen molar-refractivity contribution in [1.29, 1.82) is 0 Å². The van der Waals surface area contributed by atoms with Gasteiger partial charge in [0.05, 0.1) is 11.6 Å². The Hall–Kier alpha value is -2.60. The average molecular weight is 341 g/mol. The molecule has 6 heteroatoms. The minimum Gasteiger partial charge on any atom is -0.508 e. The van der Waals surface area contributed by atoms with Crippen molar-refractivity contribution < 1.29 is 14.6 Å². The van der Waals surface area contributed by atoms with Gasteiger partial charge in [-0.25, -0.2) is 4.98 Å². The van der Waals surface area contributed by atoms with Crippen LogP contribution in [0.2, 0.25) is 0 Å². The first kappa shape index (κ1) is 17.2. The minimum atomic E-state index is -0.173. The number of nitrogens with one attached hydrogen (secondary N) is 1. The number of phenols is 1. The van der Waals surface area contributed by atoms with Gasteiger partial charge in [-0.15, -0.1) is 0 Å². The number of benzene rings is 1. The molecule has 1 unspecified atom stereocenters. The first-order chi connectivity index (χ1) is 12.0. The van der Waals surface area contributed by atoms with Crippen molar-refractivity contribution in [3.8, 4) is 11.6 Å². The van der Waals surface area contributed by atoms with Crippen molar-refractivity contribution in [2.24, 2.45) is 0 Å². The minimum absolute atomic E-state index is 0.0781. The predicted octanol–water partition coefficient (Wildman–Crippen LogP) is 2.14. The van der Waals surface area contributed by atoms with E-state index in [1.807, 2.05) is 25.1 Å². The van der Waals surface area contributed by atoms with Gasteiger partial charge < -0.3 is 20.1 Å². The molecule has 0 saturated heterocycles. The van der Waals surface area contributed by atoms with Crippen molar-refractivity contribution in [3.63, 3.8) is 0 Å². The van der Waals surface area contributed by atoms with Crippen molar-refractivity contribution in [2.45, 2.75) is 18.9 Å². The van der Waals surface area contributed by atoms with E-state index in [1.54, 1.807) is 24.3 Å². The van der Waals surface area contributed by atoms with E-state index in [9.17, 15) is 9.90 Å². The van der Waals surface area contributed by atoms with Gasteiger partial charge in [-0.2, -0.15) is 0 Å². The van der Waals surface area contributed by atoms with E-state index in [4.69, 9.17) is 4.74 Å². The highest BCUT2D eigenvalue weighted by atomic mass is 16.5. The number of hydrogen-bond donors (Lipinski definition) is 2. The summed E-state index contributed by atoms with van der Waals surface area (Å²) in [5.41, 5.74) is 2.41. The van der Waals surface area contributed by atoms with Crippen LogP contribution in [0.3, 0.4) is 0 Å². The Balaban J connectivity index is 1.60. The van der Waals surface area contributed by atoms with E-state index in [1.165, 1.54) is 6.20 Å². The van der Waals surface area contributed by atoms with E-state index in [0.717, 1.165) is 30.5 Å². The van der Waals surface area contributed by atoms with Crippen LogP contribution in [0.1, 0.15) is 33.9 Å². The Morgan fingerprint density at radius 1 is 1.36 bits per heavy atom. The van der Waals surface area contributed by atoms with Crippen LogP contribution < -0.4 is 10.1 Å². The number of aromatic nitrogens is 1. The second-order valence-electron chi connectivity index (χ2n) is 6.45. The summed E-state index contributed by atoms with van der Waals surface area (Å²) in [5, 5.41) is 12.9. The number of phenolic OH excluding ortho intramolecular Hbond substituents is 1. The van der Waals surface area contributed by atoms with Crippen LogP contribution in [0.4, 0.5) is 0 Å². The summed E-state index contributed by atoms with van der Waals surface area (Å²) >= 11 is 0. The van der Waals surface area contributed by atoms with Gasteiger partial charge in [0.25, 0.3) is 5.91 Å². The summed E-state index contributed by atoms with van der Waals surface area (Å²) in [6.07, 6.45) is 3.08. The van der Waals surface area contributed by atoms with Crippen LogP contribution >= 0.6 is 0 Å². The van der Waals surface area contributed by atoms with Gasteiger partial charge in [-0.05, 0) is 50.2 Å². The molecule has 2 aromatic rings. The molecule has 0 spiro atoms. The summed E-state index contributed by atoms with van der Waals surface area (Å²) in [7, 11) is 3.95. The maximum Gasteiger partial charge on any atom is 0.253 e. The van der Waals surface area contributed by atoms with Crippen molar-refractivity contribution in [1.82, 2.24) is 15.2 Å². The number of carbonyl (C=O) groups is 1. The van der Waals surface area contributed by atoms with Gasteiger partial charge in [-0.3, -0.25) is 4.79 Å². The molecule has 1 aliphatic carbocycles. The maximum atomic E-state index is 12.4. The number of fused-ring (bicyclic) bond motifs is 1. The van der Waals surface area contributed by atoms with Gasteiger partial charge in [0.15, 0.2) is 0 Å². The number of hydrogen-bond acceptors (Lipinski definition) is 5. The highest BCUT2D eigenvalue weighted by Crippen LogP contribution is 2.36. The van der Waals surface area contributed by atoms with Crippen LogP contribution in [-0.4, -0.2) is 48.1 Å². The summed E-state index contributed by atoms with van der Waals surface area (Å²) in [4.78, 5) is 18.7. The third-order valence-corrected chi connectivity index (χ3v) is 4.34. The molecule has 0 radical (unpaired) electrons. The topological polar surface area (TPSA) is 74.7 Å². The van der Waals surface area contributed by atoms with Gasteiger partial charge in [0.2, 0.25) is 5.88 Å². The van der Waals surface area contributed by atoms with Crippen LogP contribution in [-0.2, 0) is 6.42 Å². The van der Waals surface area contributed by atoms with Crippen LogP contribution in [0, 0.1) is 0 Å². The summed E-state index contributed by atoms with van der Waals surface area (Å²) in [6.45, 7) is 1.35. The number of likely N-dealkylation sites (N-methyl/N-ethyl adjacent to an activating group) is 1. The number of carbonyl (C=O) groups excluding carboxylic acids is 1. The van der Waals surface area contributed by atoms with E-state index in [0.29, 0.717) is 23.8 Å². The fourth-order valence-corrected chi connectivity index (χ4v) is 2.96. The smallest absolute Gasteiger partial charge is 0.253 e. The quantitative estimate of drug-likeness (QED) is 0.842. The van der Waals surface area contributed by atoms with Gasteiger partial charge in [0.1, 0.15) is 12.4 Å². The lowest BCUT2D eigenvalue weighted by Gasteiger charge is -2.14. The van der Waals surface area contributed by atoms with Crippen LogP contribution in [0.15, 0.2) is 36.5 Å². The normalized spacial score (nSPS) is 15.9. The number of nitrogens with zero attached hydrogens (tertiary/aromatic N) is 2. The largest absolute Gasteiger partial charge is 0.508 e. The zero-order chi connectivity index (χ0) is 17.8. The molecule has 1 amide bonds. The Morgan fingerprint density at radius 2 is 2.20 bits per heavy atom. The van der Waals surface area contributed by atoms with Crippen molar-refractivity contribution in [2.75, 3.05) is 27.2 Å². The lowest BCUT2D eigenvalue weighted by atomic mass is 10.1. The van der Waals surface area contributed by atoms with Crippen molar-refractivity contribution in [3.05, 3.63) is 53.2 Å². The lowest BCUT2D eigenvalue weighted by Crippen LogP contribution is -2.27. The Labute approximate surface area is 147 Å². The highest BCUT2D eigenvalue weighted by Gasteiger charge is 2.26. The Kier molecular flexibility index (Phi) is 5.19. The standard InChI is InChI=1S/C19H23N3O3/c1-22(2)10-11-25-18-9-6-13(12-20-18)19(24)21-16-8-7-15-14(16)4-3-5-17(15)23/h3-6,9,12,16,23H,7-8,10-11H2,1-2H3,(H,21,24). The molecule has 0 bridgehead atoms. The number of aromatic hydroxyl groups is 1. The Bertz CT molecular complexity index is 744. The SMILES string of the molecule is CN(C)CCOc1ccc(C(=O)NC2CCc3c(O)cccc32)cn1. The molecular formula is C19H23N3O3. The van der Waals surface area contributed by atoms with Gasteiger partial charge in [0, 0.05) is 18.8 Å². The fraction of sp³-hybridized carbons (Fsp3) is 0.368. The molecule has 1 aromatic heterocycles. The van der Waals surface area contributed by atoms with E-state index >= 15 is 0 Å². The second-order valence-corrected chi connectivity index (χ2v) is 6.45. The van der Waals surface area contributed by atoms with E-state index in [-0.39, 0.29) is 11.9 Å². The average Bonchev–Trinajstić information content (AvgIpc) is 2.99. The number of ether oxygens (including phenoxy) is 1. The molecule has 1 aromatic carbocycles. The first-order valence-corrected chi connectivity index (χ1v) is 8.40. The third kappa shape index (κ3) is 4.09. The monoisotopic (exact) mass is 341 g/mol. The molecule has 2 N–H and O–H groups in total. The summed E-state index contributed by atoms with van der Waals surface area (Å²) in [5.74, 6) is 0.637. The molecular weight excluding hydrogens is 318 g/mol.